The molecule has 5 nitrogen and oxygen atoms in total. The van der Waals surface area contributed by atoms with Gasteiger partial charge in [0.25, 0.3) is 5.91 Å². The van der Waals surface area contributed by atoms with Crippen molar-refractivity contribution in [3.05, 3.63) is 63.1 Å². The van der Waals surface area contributed by atoms with Gasteiger partial charge in [0, 0.05) is 10.0 Å². The van der Waals surface area contributed by atoms with Crippen LogP contribution in [0.2, 0.25) is 5.02 Å². The number of rotatable bonds is 5. The third-order valence-electron chi connectivity index (χ3n) is 3.05. The van der Waals surface area contributed by atoms with Crippen molar-refractivity contribution in [2.24, 2.45) is 0 Å². The van der Waals surface area contributed by atoms with E-state index in [2.05, 4.69) is 21.2 Å². The summed E-state index contributed by atoms with van der Waals surface area (Å²) in [6.45, 7) is -0.143. The summed E-state index contributed by atoms with van der Waals surface area (Å²) in [7, 11) is 0. The molecule has 2 aromatic rings. The van der Waals surface area contributed by atoms with Gasteiger partial charge in [-0.05, 0) is 36.4 Å². The van der Waals surface area contributed by atoms with Crippen LogP contribution in [0.4, 0.5) is 5.69 Å². The highest BCUT2D eigenvalue weighted by molar-refractivity contribution is 9.10. The Morgan fingerprint density at radius 1 is 1.28 bits per heavy atom. The van der Waals surface area contributed by atoms with Gasteiger partial charge in [-0.2, -0.15) is 10.5 Å². The maximum absolute atomic E-state index is 12.3. The quantitative estimate of drug-likeness (QED) is 0.572. The van der Waals surface area contributed by atoms with E-state index >= 15 is 0 Å². The molecule has 2 aromatic carbocycles. The van der Waals surface area contributed by atoms with Gasteiger partial charge in [0.1, 0.15) is 23.5 Å². The van der Waals surface area contributed by atoms with Crippen molar-refractivity contribution in [3.8, 4) is 17.9 Å². The third-order valence-corrected chi connectivity index (χ3v) is 3.87. The van der Waals surface area contributed by atoms with Crippen LogP contribution >= 0.6 is 27.5 Å². The number of nitriles is 2. The molecule has 0 saturated carbocycles. The largest absolute Gasteiger partial charge is 0.478 e. The number of amides is 1. The second kappa shape index (κ2) is 8.89. The summed E-state index contributed by atoms with van der Waals surface area (Å²) >= 11 is 9.33. The number of hydrogen-bond acceptors (Lipinski definition) is 4. The zero-order valence-corrected chi connectivity index (χ0v) is 15.1. The molecule has 25 heavy (non-hydrogen) atoms. The zero-order valence-electron chi connectivity index (χ0n) is 12.8. The molecule has 0 aliphatic carbocycles. The minimum atomic E-state index is -0.596. The lowest BCUT2D eigenvalue weighted by molar-refractivity contribution is -0.112. The fraction of sp³-hybridized carbons (Fsp3) is 0.0556. The van der Waals surface area contributed by atoms with Gasteiger partial charge >= 0.3 is 0 Å². The van der Waals surface area contributed by atoms with E-state index in [-0.39, 0.29) is 12.2 Å². The topological polar surface area (TPSA) is 85.9 Å². The van der Waals surface area contributed by atoms with Crippen LogP contribution in [0.5, 0.6) is 5.75 Å². The van der Waals surface area contributed by atoms with E-state index < -0.39 is 5.91 Å². The van der Waals surface area contributed by atoms with Crippen molar-refractivity contribution >= 4 is 45.2 Å². The number of hydrogen-bond donors (Lipinski definition) is 1. The van der Waals surface area contributed by atoms with Crippen LogP contribution in [0.3, 0.4) is 0 Å². The molecule has 0 aliphatic heterocycles. The minimum absolute atomic E-state index is 0.125. The highest BCUT2D eigenvalue weighted by Crippen LogP contribution is 2.26. The Labute approximate surface area is 158 Å². The summed E-state index contributed by atoms with van der Waals surface area (Å²) in [5, 5.41) is 20.9. The van der Waals surface area contributed by atoms with E-state index in [4.69, 9.17) is 21.6 Å². The van der Waals surface area contributed by atoms with Gasteiger partial charge in [-0.1, -0.05) is 39.7 Å². The van der Waals surface area contributed by atoms with Gasteiger partial charge in [-0.15, -0.1) is 0 Å². The molecule has 0 spiro atoms. The highest BCUT2D eigenvalue weighted by atomic mass is 79.9. The van der Waals surface area contributed by atoms with Gasteiger partial charge in [-0.25, -0.2) is 0 Å². The molecule has 0 saturated heterocycles. The van der Waals surface area contributed by atoms with Gasteiger partial charge < -0.3 is 10.1 Å². The average molecular weight is 417 g/mol. The number of halogens is 2. The van der Waals surface area contributed by atoms with Crippen molar-refractivity contribution in [3.63, 3.8) is 0 Å². The second-order valence-electron chi connectivity index (χ2n) is 4.73. The van der Waals surface area contributed by atoms with Crippen LogP contribution in [0.15, 0.2) is 52.5 Å². The lowest BCUT2D eigenvalue weighted by Gasteiger charge is -2.08. The molecule has 0 bridgehead atoms. The van der Waals surface area contributed by atoms with E-state index in [0.29, 0.717) is 22.0 Å². The standard InChI is InChI=1S/C18H11BrClN3O2/c19-14-5-6-17(25-8-7-21)12(10-14)9-13(11-22)18(24)23-16-4-2-1-3-15(16)20/h1-6,9-10H,8H2,(H,23,24)/b13-9+. The molecule has 0 radical (unpaired) electrons. The van der Waals surface area contributed by atoms with E-state index in [1.54, 1.807) is 42.5 Å². The number of nitrogens with zero attached hydrogens (tertiary/aromatic N) is 2. The van der Waals surface area contributed by atoms with Crippen molar-refractivity contribution < 1.29 is 9.53 Å². The maximum atomic E-state index is 12.3. The van der Waals surface area contributed by atoms with E-state index in [0.717, 1.165) is 4.47 Å². The Balaban J connectivity index is 2.32. The molecule has 0 fully saturated rings. The number of benzene rings is 2. The monoisotopic (exact) mass is 415 g/mol. The first-order valence-corrected chi connectivity index (χ1v) is 8.19. The van der Waals surface area contributed by atoms with Crippen LogP contribution < -0.4 is 10.1 Å². The number of para-hydroxylation sites is 1. The maximum Gasteiger partial charge on any atom is 0.266 e. The van der Waals surface area contributed by atoms with Crippen molar-refractivity contribution in [1.29, 1.82) is 10.5 Å². The molecule has 0 atom stereocenters. The van der Waals surface area contributed by atoms with Crippen LogP contribution in [-0.2, 0) is 4.79 Å². The van der Waals surface area contributed by atoms with Crippen molar-refractivity contribution in [2.45, 2.75) is 0 Å². The van der Waals surface area contributed by atoms with E-state index in [1.807, 2.05) is 12.1 Å². The molecule has 0 aromatic heterocycles. The summed E-state index contributed by atoms with van der Waals surface area (Å²) in [5.41, 5.74) is 0.779. The molecule has 0 heterocycles. The summed E-state index contributed by atoms with van der Waals surface area (Å²) < 4.78 is 6.06. The fourth-order valence-corrected chi connectivity index (χ4v) is 2.49. The minimum Gasteiger partial charge on any atom is -0.478 e. The molecular formula is C18H11BrClN3O2. The van der Waals surface area contributed by atoms with E-state index in [9.17, 15) is 10.1 Å². The third kappa shape index (κ3) is 5.09. The predicted molar refractivity (Wildman–Crippen MR) is 98.9 cm³/mol. The number of nitrogens with one attached hydrogen (secondary N) is 1. The van der Waals surface area contributed by atoms with Crippen LogP contribution in [0.1, 0.15) is 5.56 Å². The van der Waals surface area contributed by atoms with Gasteiger partial charge in [-0.3, -0.25) is 4.79 Å². The summed E-state index contributed by atoms with van der Waals surface area (Å²) in [5.74, 6) is -0.204. The Morgan fingerprint density at radius 3 is 2.72 bits per heavy atom. The Kier molecular flexibility index (Phi) is 6.59. The molecule has 1 amide bonds. The first-order chi connectivity index (χ1) is 12.0. The zero-order chi connectivity index (χ0) is 18.2. The SMILES string of the molecule is N#CCOc1ccc(Br)cc1/C=C(\C#N)C(=O)Nc1ccccc1Cl. The Bertz CT molecular complexity index is 913. The molecule has 2 rings (SSSR count). The molecule has 124 valence electrons. The molecule has 7 heteroatoms. The Morgan fingerprint density at radius 2 is 2.04 bits per heavy atom. The van der Waals surface area contributed by atoms with Crippen LogP contribution in [0, 0.1) is 22.7 Å². The smallest absolute Gasteiger partial charge is 0.266 e. The van der Waals surface area contributed by atoms with Crippen LogP contribution in [-0.4, -0.2) is 12.5 Å². The van der Waals surface area contributed by atoms with Crippen molar-refractivity contribution in [2.75, 3.05) is 11.9 Å². The molecule has 1 N–H and O–H groups in total. The van der Waals surface area contributed by atoms with Gasteiger partial charge in [0.15, 0.2) is 6.61 Å². The van der Waals surface area contributed by atoms with Crippen LogP contribution in [0.25, 0.3) is 6.08 Å². The number of carbonyl (C=O) groups excluding carboxylic acids is 1. The highest BCUT2D eigenvalue weighted by Gasteiger charge is 2.13. The number of carbonyl (C=O) groups is 1. The molecule has 0 unspecified atom stereocenters. The molecule has 0 aliphatic rings. The van der Waals surface area contributed by atoms with Gasteiger partial charge in [0.05, 0.1) is 10.7 Å². The summed E-state index contributed by atoms with van der Waals surface area (Å²) in [6, 6.07) is 15.5. The second-order valence-corrected chi connectivity index (χ2v) is 6.06. The average Bonchev–Trinajstić information content (AvgIpc) is 2.60. The van der Waals surface area contributed by atoms with Gasteiger partial charge in [0.2, 0.25) is 0 Å². The lowest BCUT2D eigenvalue weighted by Crippen LogP contribution is -2.13. The Hall–Kier alpha value is -2.80. The normalized spacial score (nSPS) is 10.5. The first-order valence-electron chi connectivity index (χ1n) is 7.02. The van der Waals surface area contributed by atoms with Crippen molar-refractivity contribution in [1.82, 2.24) is 0 Å². The number of anilines is 1. The number of ether oxygens (including phenoxy) is 1. The predicted octanol–water partition coefficient (Wildman–Crippen LogP) is 4.55. The first kappa shape index (κ1) is 18.5. The lowest BCUT2D eigenvalue weighted by atomic mass is 10.1. The fourth-order valence-electron chi connectivity index (χ4n) is 1.93. The van der Waals surface area contributed by atoms with E-state index in [1.165, 1.54) is 6.08 Å². The molecular weight excluding hydrogens is 406 g/mol. The summed E-state index contributed by atoms with van der Waals surface area (Å²) in [6.07, 6.45) is 1.39. The summed E-state index contributed by atoms with van der Waals surface area (Å²) in [4.78, 5) is 12.3.